The van der Waals surface area contributed by atoms with E-state index in [4.69, 9.17) is 9.47 Å². The van der Waals surface area contributed by atoms with Gasteiger partial charge in [0, 0.05) is 17.7 Å². The zero-order chi connectivity index (χ0) is 15.2. The molecule has 0 amide bonds. The van der Waals surface area contributed by atoms with Crippen LogP contribution in [0, 0.1) is 11.8 Å². The smallest absolute Gasteiger partial charge is 0.127 e. The topological polar surface area (TPSA) is 30.5 Å². The number of ether oxygens (including phenoxy) is 2. The monoisotopic (exact) mass is 291 g/mol. The molecule has 0 bridgehead atoms. The number of hydrogen-bond donors (Lipinski definition) is 1. The average molecular weight is 291 g/mol. The highest BCUT2D eigenvalue weighted by atomic mass is 16.5. The molecule has 21 heavy (non-hydrogen) atoms. The molecule has 1 aromatic carbocycles. The first-order chi connectivity index (χ1) is 10.1. The number of methoxy groups -OCH3 is 2. The Morgan fingerprint density at radius 1 is 1.24 bits per heavy atom. The van der Waals surface area contributed by atoms with Crippen molar-refractivity contribution in [2.45, 2.75) is 45.6 Å². The van der Waals surface area contributed by atoms with E-state index in [9.17, 15) is 0 Å². The molecule has 0 heterocycles. The van der Waals surface area contributed by atoms with Crippen molar-refractivity contribution in [2.75, 3.05) is 20.8 Å². The molecule has 1 aliphatic rings. The maximum absolute atomic E-state index is 5.50. The summed E-state index contributed by atoms with van der Waals surface area (Å²) in [6.07, 6.45) is 5.51. The van der Waals surface area contributed by atoms with Crippen LogP contribution in [-0.2, 0) is 0 Å². The van der Waals surface area contributed by atoms with E-state index in [0.717, 1.165) is 29.9 Å². The molecule has 0 radical (unpaired) electrons. The molecule has 1 saturated carbocycles. The Labute approximate surface area is 129 Å². The lowest BCUT2D eigenvalue weighted by molar-refractivity contribution is 0.268. The minimum atomic E-state index is 0.295. The van der Waals surface area contributed by atoms with Gasteiger partial charge < -0.3 is 14.8 Å². The van der Waals surface area contributed by atoms with Gasteiger partial charge in [-0.15, -0.1) is 0 Å². The Morgan fingerprint density at radius 2 is 2.05 bits per heavy atom. The second-order valence-electron chi connectivity index (χ2n) is 6.38. The van der Waals surface area contributed by atoms with Gasteiger partial charge in [0.1, 0.15) is 11.5 Å². The summed E-state index contributed by atoms with van der Waals surface area (Å²) < 4.78 is 10.8. The lowest BCUT2D eigenvalue weighted by atomic mass is 9.82. The molecule has 1 N–H and O–H groups in total. The summed E-state index contributed by atoms with van der Waals surface area (Å²) in [5.74, 6) is 3.44. The molecule has 2 rings (SSSR count). The summed E-state index contributed by atoms with van der Waals surface area (Å²) in [7, 11) is 3.40. The van der Waals surface area contributed by atoms with Crippen LogP contribution < -0.4 is 14.8 Å². The highest BCUT2D eigenvalue weighted by Gasteiger charge is 2.20. The highest BCUT2D eigenvalue weighted by molar-refractivity contribution is 5.42. The molecule has 1 fully saturated rings. The van der Waals surface area contributed by atoms with Gasteiger partial charge >= 0.3 is 0 Å². The van der Waals surface area contributed by atoms with E-state index in [1.165, 1.54) is 31.2 Å². The second kappa shape index (κ2) is 7.69. The Kier molecular flexibility index (Phi) is 5.92. The Balaban J connectivity index is 1.94. The zero-order valence-corrected chi connectivity index (χ0v) is 13.8. The Bertz CT molecular complexity index is 447. The summed E-state index contributed by atoms with van der Waals surface area (Å²) in [5.41, 5.74) is 1.20. The summed E-state index contributed by atoms with van der Waals surface area (Å²) >= 11 is 0. The van der Waals surface area contributed by atoms with E-state index in [-0.39, 0.29) is 0 Å². The molecule has 1 aromatic rings. The molecular weight excluding hydrogens is 262 g/mol. The predicted octanol–water partition coefficient (Wildman–Crippen LogP) is 4.18. The van der Waals surface area contributed by atoms with Gasteiger partial charge in [0.05, 0.1) is 14.2 Å². The van der Waals surface area contributed by atoms with E-state index >= 15 is 0 Å². The molecule has 3 heteroatoms. The predicted molar refractivity (Wildman–Crippen MR) is 87.1 cm³/mol. The minimum absolute atomic E-state index is 0.295. The van der Waals surface area contributed by atoms with Crippen molar-refractivity contribution in [3.8, 4) is 11.5 Å². The molecule has 118 valence electrons. The maximum Gasteiger partial charge on any atom is 0.127 e. The van der Waals surface area contributed by atoms with Gasteiger partial charge in [0.15, 0.2) is 0 Å². The number of benzene rings is 1. The number of rotatable bonds is 6. The normalized spacial score (nSPS) is 23.6. The first-order valence-electron chi connectivity index (χ1n) is 8.09. The minimum Gasteiger partial charge on any atom is -0.497 e. The molecule has 1 aliphatic carbocycles. The largest absolute Gasteiger partial charge is 0.497 e. The van der Waals surface area contributed by atoms with Crippen LogP contribution in [0.4, 0.5) is 0 Å². The number of hydrogen-bond acceptors (Lipinski definition) is 3. The fraction of sp³-hybridized carbons (Fsp3) is 0.667. The van der Waals surface area contributed by atoms with E-state index in [1.54, 1.807) is 14.2 Å². The van der Waals surface area contributed by atoms with Gasteiger partial charge in [-0.3, -0.25) is 0 Å². The third kappa shape index (κ3) is 4.37. The fourth-order valence-corrected chi connectivity index (χ4v) is 3.37. The third-order valence-corrected chi connectivity index (χ3v) is 4.66. The molecule has 3 atom stereocenters. The van der Waals surface area contributed by atoms with Crippen LogP contribution >= 0.6 is 0 Å². The van der Waals surface area contributed by atoms with E-state index in [1.807, 2.05) is 12.1 Å². The first kappa shape index (κ1) is 16.2. The zero-order valence-electron chi connectivity index (χ0n) is 13.8. The van der Waals surface area contributed by atoms with E-state index in [2.05, 4.69) is 25.2 Å². The van der Waals surface area contributed by atoms with Crippen LogP contribution in [0.3, 0.4) is 0 Å². The van der Waals surface area contributed by atoms with E-state index in [0.29, 0.717) is 6.04 Å². The molecule has 0 spiro atoms. The first-order valence-corrected chi connectivity index (χ1v) is 8.09. The molecule has 3 unspecified atom stereocenters. The van der Waals surface area contributed by atoms with Gasteiger partial charge in [0.25, 0.3) is 0 Å². The van der Waals surface area contributed by atoms with Crippen LogP contribution in [0.25, 0.3) is 0 Å². The van der Waals surface area contributed by atoms with Gasteiger partial charge in [-0.2, -0.15) is 0 Å². The molecular formula is C18H29NO2. The van der Waals surface area contributed by atoms with Gasteiger partial charge in [0.2, 0.25) is 0 Å². The third-order valence-electron chi connectivity index (χ3n) is 4.66. The highest BCUT2D eigenvalue weighted by Crippen LogP contribution is 2.31. The summed E-state index contributed by atoms with van der Waals surface area (Å²) in [5, 5.41) is 3.68. The lowest BCUT2D eigenvalue weighted by Crippen LogP contribution is -2.28. The number of nitrogens with one attached hydrogen (secondary N) is 1. The SMILES string of the molecule is COc1ccc(C(C)NCC2CCCC(C)C2)c(OC)c1. The van der Waals surface area contributed by atoms with Crippen LogP contribution in [-0.4, -0.2) is 20.8 Å². The van der Waals surface area contributed by atoms with Crippen LogP contribution in [0.15, 0.2) is 18.2 Å². The summed E-state index contributed by atoms with van der Waals surface area (Å²) in [6, 6.07) is 6.34. The van der Waals surface area contributed by atoms with Crippen molar-refractivity contribution >= 4 is 0 Å². The molecule has 0 aromatic heterocycles. The van der Waals surface area contributed by atoms with Crippen LogP contribution in [0.2, 0.25) is 0 Å². The standard InChI is InChI=1S/C18H29NO2/c1-13-6-5-7-15(10-13)12-19-14(2)17-9-8-16(20-3)11-18(17)21-4/h8-9,11,13-15,19H,5-7,10,12H2,1-4H3. The maximum atomic E-state index is 5.50. The van der Waals surface area contributed by atoms with Crippen molar-refractivity contribution in [3.05, 3.63) is 23.8 Å². The molecule has 0 saturated heterocycles. The van der Waals surface area contributed by atoms with Crippen molar-refractivity contribution < 1.29 is 9.47 Å². The van der Waals surface area contributed by atoms with Gasteiger partial charge in [-0.1, -0.05) is 25.8 Å². The Morgan fingerprint density at radius 3 is 2.71 bits per heavy atom. The summed E-state index contributed by atoms with van der Waals surface area (Å²) in [4.78, 5) is 0. The second-order valence-corrected chi connectivity index (χ2v) is 6.38. The van der Waals surface area contributed by atoms with Crippen LogP contribution in [0.1, 0.15) is 51.1 Å². The average Bonchev–Trinajstić information content (AvgIpc) is 2.52. The van der Waals surface area contributed by atoms with Crippen molar-refractivity contribution in [1.82, 2.24) is 5.32 Å². The van der Waals surface area contributed by atoms with Crippen molar-refractivity contribution in [1.29, 1.82) is 0 Å². The molecule has 0 aliphatic heterocycles. The van der Waals surface area contributed by atoms with Crippen molar-refractivity contribution in [3.63, 3.8) is 0 Å². The lowest BCUT2D eigenvalue weighted by Gasteiger charge is -2.28. The van der Waals surface area contributed by atoms with Crippen LogP contribution in [0.5, 0.6) is 11.5 Å². The molecule has 3 nitrogen and oxygen atoms in total. The van der Waals surface area contributed by atoms with Crippen molar-refractivity contribution in [2.24, 2.45) is 11.8 Å². The quantitative estimate of drug-likeness (QED) is 0.853. The Hall–Kier alpha value is -1.22. The summed E-state index contributed by atoms with van der Waals surface area (Å²) in [6.45, 7) is 5.68. The van der Waals surface area contributed by atoms with E-state index < -0.39 is 0 Å². The fourth-order valence-electron chi connectivity index (χ4n) is 3.37. The van der Waals surface area contributed by atoms with Gasteiger partial charge in [-0.05, 0) is 44.2 Å². The van der Waals surface area contributed by atoms with Gasteiger partial charge in [-0.25, -0.2) is 0 Å².